The molecular weight excluding hydrogens is 248 g/mol. The fourth-order valence-corrected chi connectivity index (χ4v) is 2.15. The highest BCUT2D eigenvalue weighted by atomic mass is 32.1. The van der Waals surface area contributed by atoms with Gasteiger partial charge in [0.2, 0.25) is 0 Å². The Kier molecular flexibility index (Phi) is 4.81. The van der Waals surface area contributed by atoms with Gasteiger partial charge < -0.3 is 11.1 Å². The summed E-state index contributed by atoms with van der Waals surface area (Å²) in [6.45, 7) is 10.6. The molecular formula is C12H22N4OS. The van der Waals surface area contributed by atoms with Gasteiger partial charge in [-0.25, -0.2) is 0 Å². The van der Waals surface area contributed by atoms with Crippen LogP contribution < -0.4 is 11.1 Å². The van der Waals surface area contributed by atoms with Crippen molar-refractivity contribution in [3.8, 4) is 0 Å². The first-order valence-corrected chi connectivity index (χ1v) is 6.87. The molecule has 3 N–H and O–H groups in total. The molecule has 0 aliphatic rings. The van der Waals surface area contributed by atoms with Gasteiger partial charge in [0.05, 0.1) is 5.69 Å². The number of nitrogens with zero attached hydrogens (tertiary/aromatic N) is 2. The first-order valence-electron chi connectivity index (χ1n) is 6.10. The maximum Gasteiger partial charge on any atom is 0.265 e. The summed E-state index contributed by atoms with van der Waals surface area (Å²) in [5, 5.41) is 6.89. The number of nitrogens with two attached hydrogens (primary N) is 1. The Balaban J connectivity index is 2.71. The smallest absolute Gasteiger partial charge is 0.265 e. The van der Waals surface area contributed by atoms with E-state index in [0.29, 0.717) is 17.3 Å². The van der Waals surface area contributed by atoms with Crippen molar-refractivity contribution in [2.75, 3.05) is 6.54 Å². The van der Waals surface area contributed by atoms with Crippen LogP contribution in [0.15, 0.2) is 0 Å². The average molecular weight is 270 g/mol. The Hall–Kier alpha value is -1.01. The van der Waals surface area contributed by atoms with Gasteiger partial charge in [-0.2, -0.15) is 0 Å². The van der Waals surface area contributed by atoms with Crippen molar-refractivity contribution in [2.45, 2.75) is 46.1 Å². The second-order valence-corrected chi connectivity index (χ2v) is 6.57. The van der Waals surface area contributed by atoms with Crippen LogP contribution in [0, 0.1) is 5.92 Å². The Morgan fingerprint density at radius 1 is 1.44 bits per heavy atom. The van der Waals surface area contributed by atoms with Gasteiger partial charge in [-0.1, -0.05) is 39.1 Å². The quantitative estimate of drug-likeness (QED) is 0.869. The molecule has 0 spiro atoms. The van der Waals surface area contributed by atoms with E-state index in [2.05, 4.69) is 14.9 Å². The molecule has 0 aliphatic heterocycles. The summed E-state index contributed by atoms with van der Waals surface area (Å²) in [6.07, 6.45) is 0. The number of nitrogens with one attached hydrogen (secondary N) is 1. The minimum atomic E-state index is -0.181. The van der Waals surface area contributed by atoms with Gasteiger partial charge in [-0.3, -0.25) is 4.79 Å². The van der Waals surface area contributed by atoms with Gasteiger partial charge in [0.15, 0.2) is 0 Å². The Bertz CT molecular complexity index is 408. The van der Waals surface area contributed by atoms with Crippen molar-refractivity contribution in [1.29, 1.82) is 0 Å². The van der Waals surface area contributed by atoms with Crippen molar-refractivity contribution in [3.63, 3.8) is 0 Å². The number of carbonyl (C=O) groups is 1. The average Bonchev–Trinajstić information content (AvgIpc) is 2.73. The molecule has 0 saturated carbocycles. The van der Waals surface area contributed by atoms with Crippen molar-refractivity contribution >= 4 is 17.4 Å². The van der Waals surface area contributed by atoms with Crippen molar-refractivity contribution in [1.82, 2.24) is 14.9 Å². The summed E-state index contributed by atoms with van der Waals surface area (Å²) < 4.78 is 3.87. The van der Waals surface area contributed by atoms with E-state index >= 15 is 0 Å². The zero-order chi connectivity index (χ0) is 13.9. The zero-order valence-electron chi connectivity index (χ0n) is 11.7. The lowest BCUT2D eigenvalue weighted by Gasteiger charge is -2.18. The van der Waals surface area contributed by atoms with Gasteiger partial charge in [0.25, 0.3) is 5.91 Å². The van der Waals surface area contributed by atoms with Crippen LogP contribution in [0.3, 0.4) is 0 Å². The normalized spacial score (nSPS) is 13.7. The van der Waals surface area contributed by atoms with Crippen molar-refractivity contribution in [3.05, 3.63) is 10.6 Å². The Morgan fingerprint density at radius 2 is 2.06 bits per heavy atom. The van der Waals surface area contributed by atoms with Gasteiger partial charge in [-0.05, 0) is 17.5 Å². The van der Waals surface area contributed by atoms with Crippen molar-refractivity contribution in [2.24, 2.45) is 11.7 Å². The van der Waals surface area contributed by atoms with Gasteiger partial charge in [0.1, 0.15) is 4.88 Å². The Labute approximate surface area is 112 Å². The first-order chi connectivity index (χ1) is 8.23. The number of carbonyl (C=O) groups excluding carboxylic acids is 1. The summed E-state index contributed by atoms with van der Waals surface area (Å²) in [6, 6.07) is -0.0343. The predicted molar refractivity (Wildman–Crippen MR) is 73.8 cm³/mol. The third kappa shape index (κ3) is 3.74. The van der Waals surface area contributed by atoms with Crippen LogP contribution >= 0.6 is 11.5 Å². The summed E-state index contributed by atoms with van der Waals surface area (Å²) in [5.74, 6) is 0.206. The van der Waals surface area contributed by atoms with Gasteiger partial charge in [0, 0.05) is 18.0 Å². The van der Waals surface area contributed by atoms with Gasteiger partial charge >= 0.3 is 0 Å². The number of aromatic nitrogens is 2. The summed E-state index contributed by atoms with van der Waals surface area (Å²) in [5.41, 5.74) is 6.46. The molecule has 102 valence electrons. The summed E-state index contributed by atoms with van der Waals surface area (Å²) >= 11 is 1.13. The predicted octanol–water partition coefficient (Wildman–Crippen LogP) is 1.55. The fraction of sp³-hybridized carbons (Fsp3) is 0.750. The molecule has 0 saturated heterocycles. The van der Waals surface area contributed by atoms with Crippen LogP contribution in [-0.2, 0) is 5.41 Å². The lowest BCUT2D eigenvalue weighted by molar-refractivity contribution is 0.0951. The molecule has 1 amide bonds. The van der Waals surface area contributed by atoms with Crippen LogP contribution in [0.5, 0.6) is 0 Å². The molecule has 0 aromatic carbocycles. The van der Waals surface area contributed by atoms with Gasteiger partial charge in [-0.15, -0.1) is 5.10 Å². The molecule has 18 heavy (non-hydrogen) atoms. The minimum absolute atomic E-state index is 0.0343. The standard InChI is InChI=1S/C12H22N4OS/c1-7(2)8(13)6-14-11(17)9-10(12(3,4)5)15-16-18-9/h7-8H,6,13H2,1-5H3,(H,14,17). The highest BCUT2D eigenvalue weighted by molar-refractivity contribution is 7.08. The molecule has 1 atom stereocenters. The number of hydrogen-bond donors (Lipinski definition) is 2. The molecule has 5 nitrogen and oxygen atoms in total. The molecule has 1 rings (SSSR count). The fourth-order valence-electron chi connectivity index (χ4n) is 1.36. The maximum atomic E-state index is 12.1. The van der Waals surface area contributed by atoms with Crippen LogP contribution in [0.2, 0.25) is 0 Å². The SMILES string of the molecule is CC(C)C(N)CNC(=O)c1snnc1C(C)(C)C. The minimum Gasteiger partial charge on any atom is -0.350 e. The van der Waals surface area contributed by atoms with E-state index in [0.717, 1.165) is 17.2 Å². The van der Waals surface area contributed by atoms with E-state index in [1.807, 2.05) is 34.6 Å². The number of rotatable bonds is 4. The molecule has 1 unspecified atom stereocenters. The highest BCUT2D eigenvalue weighted by Crippen LogP contribution is 2.25. The topological polar surface area (TPSA) is 80.9 Å². The lowest BCUT2D eigenvalue weighted by atomic mass is 9.91. The molecule has 0 aliphatic carbocycles. The second-order valence-electron chi connectivity index (χ2n) is 5.82. The van der Waals surface area contributed by atoms with E-state index < -0.39 is 0 Å². The zero-order valence-corrected chi connectivity index (χ0v) is 12.5. The molecule has 0 fully saturated rings. The van der Waals surface area contributed by atoms with Crippen LogP contribution in [0.25, 0.3) is 0 Å². The van der Waals surface area contributed by atoms with E-state index in [4.69, 9.17) is 5.73 Å². The van der Waals surface area contributed by atoms with E-state index in [9.17, 15) is 4.79 Å². The van der Waals surface area contributed by atoms with E-state index in [-0.39, 0.29) is 17.4 Å². The molecule has 6 heteroatoms. The second kappa shape index (κ2) is 5.75. The molecule has 0 bridgehead atoms. The maximum absolute atomic E-state index is 12.1. The van der Waals surface area contributed by atoms with Crippen molar-refractivity contribution < 1.29 is 4.79 Å². The molecule has 1 heterocycles. The molecule has 1 aromatic heterocycles. The third-order valence-electron chi connectivity index (χ3n) is 2.76. The number of hydrogen-bond acceptors (Lipinski definition) is 5. The summed E-state index contributed by atoms with van der Waals surface area (Å²) in [4.78, 5) is 12.6. The van der Waals surface area contributed by atoms with Crippen LogP contribution in [0.1, 0.15) is 50.0 Å². The van der Waals surface area contributed by atoms with Crippen LogP contribution in [-0.4, -0.2) is 28.1 Å². The third-order valence-corrected chi connectivity index (χ3v) is 3.48. The highest BCUT2D eigenvalue weighted by Gasteiger charge is 2.26. The molecule has 0 radical (unpaired) electrons. The summed E-state index contributed by atoms with van der Waals surface area (Å²) in [7, 11) is 0. The largest absolute Gasteiger partial charge is 0.350 e. The van der Waals surface area contributed by atoms with Crippen LogP contribution in [0.4, 0.5) is 0 Å². The number of amides is 1. The first kappa shape index (κ1) is 15.0. The monoisotopic (exact) mass is 270 g/mol. The van der Waals surface area contributed by atoms with E-state index in [1.165, 1.54) is 0 Å². The van der Waals surface area contributed by atoms with E-state index in [1.54, 1.807) is 0 Å². The molecule has 1 aromatic rings. The lowest BCUT2D eigenvalue weighted by Crippen LogP contribution is -2.40. The Morgan fingerprint density at radius 3 is 2.56 bits per heavy atom.